The lowest BCUT2D eigenvalue weighted by Gasteiger charge is -2.18. The van der Waals surface area contributed by atoms with Crippen molar-refractivity contribution in [3.05, 3.63) is 64.6 Å². The Labute approximate surface area is 139 Å². The van der Waals surface area contributed by atoms with E-state index in [9.17, 15) is 4.79 Å². The summed E-state index contributed by atoms with van der Waals surface area (Å²) in [5.41, 5.74) is 1.98. The molecule has 0 aromatic heterocycles. The second kappa shape index (κ2) is 6.97. The topological polar surface area (TPSA) is 32.3 Å². The maximum atomic E-state index is 12.1. The van der Waals surface area contributed by atoms with Gasteiger partial charge in [-0.25, -0.2) is 0 Å². The van der Waals surface area contributed by atoms with Crippen LogP contribution in [0.2, 0.25) is 0 Å². The average molecular weight is 359 g/mol. The number of nitrogens with zero attached hydrogens (tertiary/aromatic N) is 1. The Morgan fingerprint density at radius 3 is 2.59 bits per heavy atom. The van der Waals surface area contributed by atoms with E-state index < -0.39 is 0 Å². The van der Waals surface area contributed by atoms with E-state index in [1.807, 2.05) is 30.3 Å². The first-order chi connectivity index (χ1) is 10.7. The predicted molar refractivity (Wildman–Crippen MR) is 93.2 cm³/mol. The molecule has 2 aromatic carbocycles. The molecule has 1 aliphatic rings. The average Bonchev–Trinajstić information content (AvgIpc) is 3.03. The lowest BCUT2D eigenvalue weighted by molar-refractivity contribution is 0.0948. The number of nitrogens with one attached hydrogen (secondary N) is 1. The number of amides is 1. The van der Waals surface area contributed by atoms with E-state index in [0.29, 0.717) is 11.5 Å². The van der Waals surface area contributed by atoms with Gasteiger partial charge in [-0.15, -0.1) is 0 Å². The largest absolute Gasteiger partial charge is 0.371 e. The summed E-state index contributed by atoms with van der Waals surface area (Å²) in [6.45, 7) is 2.80. The molecule has 3 nitrogen and oxygen atoms in total. The van der Waals surface area contributed by atoms with Gasteiger partial charge in [0, 0.05) is 35.4 Å². The highest BCUT2D eigenvalue weighted by Gasteiger charge is 2.23. The molecule has 3 rings (SSSR count). The van der Waals surface area contributed by atoms with Crippen molar-refractivity contribution in [1.29, 1.82) is 0 Å². The molecule has 1 amide bonds. The van der Waals surface area contributed by atoms with Gasteiger partial charge < -0.3 is 10.2 Å². The standard InChI is InChI=1S/C18H19BrN2O/c19-16-8-6-15(7-9-16)18(22)20-12-14-10-11-21(13-14)17-4-2-1-3-5-17/h1-9,14H,10-13H2,(H,20,22)/t14-/m1/s1. The highest BCUT2D eigenvalue weighted by molar-refractivity contribution is 9.10. The molecule has 1 heterocycles. The van der Waals surface area contributed by atoms with Crippen LogP contribution >= 0.6 is 15.9 Å². The summed E-state index contributed by atoms with van der Waals surface area (Å²) in [7, 11) is 0. The fourth-order valence-electron chi connectivity index (χ4n) is 2.81. The van der Waals surface area contributed by atoms with Gasteiger partial charge in [-0.3, -0.25) is 4.79 Å². The van der Waals surface area contributed by atoms with Gasteiger partial charge in [0.15, 0.2) is 0 Å². The summed E-state index contributed by atoms with van der Waals surface area (Å²) < 4.78 is 0.985. The number of carbonyl (C=O) groups is 1. The maximum Gasteiger partial charge on any atom is 0.251 e. The predicted octanol–water partition coefficient (Wildman–Crippen LogP) is 3.71. The molecule has 0 aliphatic carbocycles. The van der Waals surface area contributed by atoms with E-state index >= 15 is 0 Å². The van der Waals surface area contributed by atoms with Crippen molar-refractivity contribution < 1.29 is 4.79 Å². The summed E-state index contributed by atoms with van der Waals surface area (Å²) >= 11 is 3.38. The molecule has 1 fully saturated rings. The SMILES string of the molecule is O=C(NC[C@H]1CCN(c2ccccc2)C1)c1ccc(Br)cc1. The second-order valence-electron chi connectivity index (χ2n) is 5.65. The third-order valence-electron chi connectivity index (χ3n) is 4.06. The zero-order valence-corrected chi connectivity index (χ0v) is 13.9. The first-order valence-electron chi connectivity index (χ1n) is 7.56. The molecule has 1 aliphatic heterocycles. The fourth-order valence-corrected chi connectivity index (χ4v) is 3.08. The molecule has 1 N–H and O–H groups in total. The van der Waals surface area contributed by atoms with Crippen LogP contribution in [0.3, 0.4) is 0 Å². The van der Waals surface area contributed by atoms with Crippen molar-refractivity contribution in [3.8, 4) is 0 Å². The Morgan fingerprint density at radius 2 is 1.86 bits per heavy atom. The number of benzene rings is 2. The van der Waals surface area contributed by atoms with Crippen LogP contribution in [0.1, 0.15) is 16.8 Å². The maximum absolute atomic E-state index is 12.1. The van der Waals surface area contributed by atoms with Crippen molar-refractivity contribution in [3.63, 3.8) is 0 Å². The number of rotatable bonds is 4. The Bertz CT molecular complexity index is 627. The normalized spacial score (nSPS) is 17.5. The highest BCUT2D eigenvalue weighted by Crippen LogP contribution is 2.23. The molecule has 0 unspecified atom stereocenters. The molecule has 22 heavy (non-hydrogen) atoms. The van der Waals surface area contributed by atoms with E-state index in [-0.39, 0.29) is 5.91 Å². The van der Waals surface area contributed by atoms with Crippen LogP contribution < -0.4 is 10.2 Å². The molecule has 0 saturated carbocycles. The number of hydrogen-bond donors (Lipinski definition) is 1. The van der Waals surface area contributed by atoms with Gasteiger partial charge in [0.25, 0.3) is 5.91 Å². The Hall–Kier alpha value is -1.81. The molecule has 114 valence electrons. The van der Waals surface area contributed by atoms with Crippen LogP contribution in [0.25, 0.3) is 0 Å². The molecular formula is C18H19BrN2O. The Balaban J connectivity index is 1.50. The van der Waals surface area contributed by atoms with Crippen molar-refractivity contribution >= 4 is 27.5 Å². The van der Waals surface area contributed by atoms with E-state index in [2.05, 4.69) is 50.4 Å². The number of anilines is 1. The van der Waals surface area contributed by atoms with Crippen molar-refractivity contribution in [2.45, 2.75) is 6.42 Å². The lowest BCUT2D eigenvalue weighted by Crippen LogP contribution is -2.31. The number of para-hydroxylation sites is 1. The number of hydrogen-bond acceptors (Lipinski definition) is 2. The van der Waals surface area contributed by atoms with Gasteiger partial charge in [-0.05, 0) is 48.7 Å². The molecule has 1 atom stereocenters. The smallest absolute Gasteiger partial charge is 0.251 e. The number of carbonyl (C=O) groups excluding carboxylic acids is 1. The zero-order valence-electron chi connectivity index (χ0n) is 12.3. The van der Waals surface area contributed by atoms with E-state index in [0.717, 1.165) is 30.5 Å². The minimum absolute atomic E-state index is 0.00524. The minimum Gasteiger partial charge on any atom is -0.371 e. The lowest BCUT2D eigenvalue weighted by atomic mass is 10.1. The van der Waals surface area contributed by atoms with Crippen LogP contribution in [0, 0.1) is 5.92 Å². The van der Waals surface area contributed by atoms with Crippen LogP contribution in [0.5, 0.6) is 0 Å². The van der Waals surface area contributed by atoms with E-state index in [4.69, 9.17) is 0 Å². The van der Waals surface area contributed by atoms with Gasteiger partial charge in [0.1, 0.15) is 0 Å². The molecule has 0 radical (unpaired) electrons. The summed E-state index contributed by atoms with van der Waals surface area (Å²) in [6, 6.07) is 17.9. The van der Waals surface area contributed by atoms with Crippen molar-refractivity contribution in [2.24, 2.45) is 5.92 Å². The first kappa shape index (κ1) is 15.1. The zero-order chi connectivity index (χ0) is 15.4. The summed E-state index contributed by atoms with van der Waals surface area (Å²) in [5.74, 6) is 0.519. The van der Waals surface area contributed by atoms with Crippen LogP contribution in [-0.4, -0.2) is 25.5 Å². The third-order valence-corrected chi connectivity index (χ3v) is 4.59. The van der Waals surface area contributed by atoms with E-state index in [1.165, 1.54) is 5.69 Å². The Morgan fingerprint density at radius 1 is 1.14 bits per heavy atom. The molecule has 0 spiro atoms. The third kappa shape index (κ3) is 3.69. The summed E-state index contributed by atoms with van der Waals surface area (Å²) in [4.78, 5) is 14.5. The van der Waals surface area contributed by atoms with Gasteiger partial charge in [0.05, 0.1) is 0 Å². The molecular weight excluding hydrogens is 340 g/mol. The monoisotopic (exact) mass is 358 g/mol. The van der Waals surface area contributed by atoms with Crippen molar-refractivity contribution in [2.75, 3.05) is 24.5 Å². The first-order valence-corrected chi connectivity index (χ1v) is 8.35. The molecule has 4 heteroatoms. The second-order valence-corrected chi connectivity index (χ2v) is 6.57. The molecule has 0 bridgehead atoms. The van der Waals surface area contributed by atoms with Crippen LogP contribution in [-0.2, 0) is 0 Å². The summed E-state index contributed by atoms with van der Waals surface area (Å²) in [5, 5.41) is 3.05. The van der Waals surface area contributed by atoms with Crippen molar-refractivity contribution in [1.82, 2.24) is 5.32 Å². The fraction of sp³-hybridized carbons (Fsp3) is 0.278. The van der Waals surface area contributed by atoms with Crippen LogP contribution in [0.15, 0.2) is 59.1 Å². The quantitative estimate of drug-likeness (QED) is 0.903. The number of halogens is 1. The Kier molecular flexibility index (Phi) is 4.78. The molecule has 1 saturated heterocycles. The van der Waals surface area contributed by atoms with Gasteiger partial charge in [-0.1, -0.05) is 34.1 Å². The van der Waals surface area contributed by atoms with E-state index in [1.54, 1.807) is 0 Å². The van der Waals surface area contributed by atoms with Crippen LogP contribution in [0.4, 0.5) is 5.69 Å². The summed E-state index contributed by atoms with van der Waals surface area (Å²) in [6.07, 6.45) is 1.12. The van der Waals surface area contributed by atoms with Gasteiger partial charge >= 0.3 is 0 Å². The minimum atomic E-state index is 0.00524. The molecule has 2 aromatic rings. The highest BCUT2D eigenvalue weighted by atomic mass is 79.9. The van der Waals surface area contributed by atoms with Gasteiger partial charge in [0.2, 0.25) is 0 Å². The van der Waals surface area contributed by atoms with Gasteiger partial charge in [-0.2, -0.15) is 0 Å².